The Balaban J connectivity index is 1.83. The fraction of sp³-hybridized carbons (Fsp3) is 0.368. The van der Waals surface area contributed by atoms with Gasteiger partial charge in [-0.05, 0) is 30.2 Å². The van der Waals surface area contributed by atoms with Crippen LogP contribution in [0.4, 0.5) is 19.0 Å². The minimum Gasteiger partial charge on any atom is -0.475 e. The van der Waals surface area contributed by atoms with E-state index in [2.05, 4.69) is 20.6 Å². The molecule has 11 heteroatoms. The van der Waals surface area contributed by atoms with Gasteiger partial charge in [0.15, 0.2) is 0 Å². The van der Waals surface area contributed by atoms with Crippen LogP contribution in [0.5, 0.6) is 5.88 Å². The monoisotopic (exact) mass is 444 g/mol. The molecule has 2 aromatic rings. The smallest absolute Gasteiger partial charge is 0.393 e. The predicted octanol–water partition coefficient (Wildman–Crippen LogP) is 3.78. The first-order chi connectivity index (χ1) is 14.2. The molecule has 162 valence electrons. The van der Waals surface area contributed by atoms with E-state index in [-0.39, 0.29) is 41.3 Å². The zero-order valence-corrected chi connectivity index (χ0v) is 16.8. The van der Waals surface area contributed by atoms with Crippen LogP contribution in [0.25, 0.3) is 0 Å². The van der Waals surface area contributed by atoms with Gasteiger partial charge in [0.05, 0.1) is 13.0 Å². The number of anilines is 1. The van der Waals surface area contributed by atoms with Crippen LogP contribution in [0.3, 0.4) is 0 Å². The second kappa shape index (κ2) is 10.8. The van der Waals surface area contributed by atoms with Crippen LogP contribution in [-0.2, 0) is 11.2 Å². The zero-order chi connectivity index (χ0) is 22.1. The normalized spacial score (nSPS) is 11.1. The molecule has 0 aliphatic carbocycles. The van der Waals surface area contributed by atoms with Crippen molar-refractivity contribution in [2.75, 3.05) is 18.5 Å². The molecule has 0 atom stereocenters. The summed E-state index contributed by atoms with van der Waals surface area (Å²) in [5.74, 6) is -0.359. The number of nitrogens with one attached hydrogen (secondary N) is 2. The number of carbonyl (C=O) groups is 2. The number of hydrogen-bond donors (Lipinski definition) is 2. The number of hydrogen-bond acceptors (Lipinski definition) is 5. The minimum atomic E-state index is -4.36. The Morgan fingerprint density at radius 3 is 2.67 bits per heavy atom. The highest BCUT2D eigenvalue weighted by Gasteiger charge is 2.28. The Kier molecular flexibility index (Phi) is 8.40. The van der Waals surface area contributed by atoms with Crippen LogP contribution in [0.2, 0.25) is 5.02 Å². The molecule has 0 unspecified atom stereocenters. The van der Waals surface area contributed by atoms with Gasteiger partial charge in [0.1, 0.15) is 17.4 Å². The van der Waals surface area contributed by atoms with Crippen molar-refractivity contribution in [1.29, 1.82) is 0 Å². The number of pyridine rings is 2. The lowest BCUT2D eigenvalue weighted by Gasteiger charge is -2.11. The van der Waals surface area contributed by atoms with Gasteiger partial charge >= 0.3 is 6.18 Å². The largest absolute Gasteiger partial charge is 0.475 e. The van der Waals surface area contributed by atoms with Gasteiger partial charge in [-0.2, -0.15) is 13.2 Å². The summed E-state index contributed by atoms with van der Waals surface area (Å²) < 4.78 is 42.5. The third-order valence-electron chi connectivity index (χ3n) is 3.66. The van der Waals surface area contributed by atoms with E-state index in [4.69, 9.17) is 16.3 Å². The van der Waals surface area contributed by atoms with Crippen molar-refractivity contribution in [1.82, 2.24) is 15.3 Å². The highest BCUT2D eigenvalue weighted by molar-refractivity contribution is 6.31. The summed E-state index contributed by atoms with van der Waals surface area (Å²) in [4.78, 5) is 31.6. The molecule has 0 spiro atoms. The maximum Gasteiger partial charge on any atom is 0.393 e. The van der Waals surface area contributed by atoms with Gasteiger partial charge in [0.25, 0.3) is 5.91 Å². The summed E-state index contributed by atoms with van der Waals surface area (Å²) in [5.41, 5.74) is 0.220. The van der Waals surface area contributed by atoms with Crippen molar-refractivity contribution in [3.63, 3.8) is 0 Å². The molecule has 30 heavy (non-hydrogen) atoms. The number of ether oxygens (including phenoxy) is 1. The second-order valence-electron chi connectivity index (χ2n) is 6.25. The summed E-state index contributed by atoms with van der Waals surface area (Å²) in [6.45, 7) is 1.97. The van der Waals surface area contributed by atoms with Crippen molar-refractivity contribution in [3.8, 4) is 5.88 Å². The van der Waals surface area contributed by atoms with E-state index in [1.807, 2.05) is 6.92 Å². The molecule has 2 amide bonds. The average molecular weight is 445 g/mol. The van der Waals surface area contributed by atoms with Crippen molar-refractivity contribution in [2.24, 2.45) is 0 Å². The number of halogens is 4. The van der Waals surface area contributed by atoms with Crippen molar-refractivity contribution >= 4 is 29.2 Å². The van der Waals surface area contributed by atoms with Crippen LogP contribution < -0.4 is 15.4 Å². The molecule has 0 fully saturated rings. The summed E-state index contributed by atoms with van der Waals surface area (Å²) in [6.07, 6.45) is -2.01. The maximum absolute atomic E-state index is 12.4. The molecule has 7 nitrogen and oxygen atoms in total. The van der Waals surface area contributed by atoms with Crippen molar-refractivity contribution in [2.45, 2.75) is 32.4 Å². The van der Waals surface area contributed by atoms with Crippen LogP contribution in [-0.4, -0.2) is 41.1 Å². The summed E-state index contributed by atoms with van der Waals surface area (Å²) >= 11 is 5.89. The predicted molar refractivity (Wildman–Crippen MR) is 105 cm³/mol. The van der Waals surface area contributed by atoms with Gasteiger partial charge in [-0.3, -0.25) is 9.59 Å². The highest BCUT2D eigenvalue weighted by Crippen LogP contribution is 2.26. The quantitative estimate of drug-likeness (QED) is 0.574. The van der Waals surface area contributed by atoms with Gasteiger partial charge in [-0.15, -0.1) is 0 Å². The summed E-state index contributed by atoms with van der Waals surface area (Å²) in [7, 11) is 0. The molecular formula is C19H20ClF3N4O3. The van der Waals surface area contributed by atoms with Crippen molar-refractivity contribution < 1.29 is 27.5 Å². The van der Waals surface area contributed by atoms with E-state index in [0.717, 1.165) is 12.3 Å². The molecule has 2 heterocycles. The highest BCUT2D eigenvalue weighted by atomic mass is 35.5. The van der Waals surface area contributed by atoms with Crippen LogP contribution in [0, 0.1) is 0 Å². The first-order valence-electron chi connectivity index (χ1n) is 9.06. The van der Waals surface area contributed by atoms with E-state index >= 15 is 0 Å². The molecule has 0 bridgehead atoms. The third kappa shape index (κ3) is 7.86. The minimum absolute atomic E-state index is 0.00224. The lowest BCUT2D eigenvalue weighted by atomic mass is 10.2. The van der Waals surface area contributed by atoms with Crippen LogP contribution >= 0.6 is 11.6 Å². The molecule has 0 radical (unpaired) electrons. The van der Waals surface area contributed by atoms with E-state index < -0.39 is 18.5 Å². The fourth-order valence-corrected chi connectivity index (χ4v) is 2.63. The van der Waals surface area contributed by atoms with Gasteiger partial charge in [0.2, 0.25) is 11.8 Å². The van der Waals surface area contributed by atoms with E-state index in [1.54, 1.807) is 0 Å². The number of alkyl halides is 3. The number of nitrogens with zero attached hydrogens (tertiary/aromatic N) is 2. The Labute approximate surface area is 176 Å². The van der Waals surface area contributed by atoms with Crippen LogP contribution in [0.15, 0.2) is 30.6 Å². The van der Waals surface area contributed by atoms with E-state index in [0.29, 0.717) is 18.4 Å². The Morgan fingerprint density at radius 2 is 2.00 bits per heavy atom. The SMILES string of the molecule is CCCC(=O)Nc1cc(C(=O)NCCOc2ncc(CC(F)(F)F)cc2Cl)ccn1. The lowest BCUT2D eigenvalue weighted by molar-refractivity contribution is -0.127. The molecule has 0 saturated carbocycles. The first-order valence-corrected chi connectivity index (χ1v) is 9.44. The Bertz CT molecular complexity index is 894. The molecule has 2 N–H and O–H groups in total. The topological polar surface area (TPSA) is 93.2 Å². The van der Waals surface area contributed by atoms with Crippen LogP contribution in [0.1, 0.15) is 35.7 Å². The summed E-state index contributed by atoms with van der Waals surface area (Å²) in [5, 5.41) is 5.17. The molecule has 2 rings (SSSR count). The van der Waals surface area contributed by atoms with Gasteiger partial charge < -0.3 is 15.4 Å². The van der Waals surface area contributed by atoms with Gasteiger partial charge in [-0.1, -0.05) is 18.5 Å². The Hall–Kier alpha value is -2.88. The van der Waals surface area contributed by atoms with E-state index in [9.17, 15) is 22.8 Å². The number of carbonyl (C=O) groups excluding carboxylic acids is 2. The molecule has 0 aliphatic heterocycles. The summed E-state index contributed by atoms with van der Waals surface area (Å²) in [6, 6.07) is 4.08. The fourth-order valence-electron chi connectivity index (χ4n) is 2.39. The molecule has 0 aromatic carbocycles. The zero-order valence-electron chi connectivity index (χ0n) is 16.1. The molecule has 0 aliphatic rings. The van der Waals surface area contributed by atoms with Crippen molar-refractivity contribution in [3.05, 3.63) is 46.7 Å². The molecular weight excluding hydrogens is 425 g/mol. The number of aromatic nitrogens is 2. The maximum atomic E-state index is 12.4. The first kappa shape index (κ1) is 23.4. The average Bonchev–Trinajstić information content (AvgIpc) is 2.65. The number of amides is 2. The number of rotatable bonds is 9. The Morgan fingerprint density at radius 1 is 1.23 bits per heavy atom. The molecule has 2 aromatic heterocycles. The molecule has 0 saturated heterocycles. The third-order valence-corrected chi connectivity index (χ3v) is 3.93. The standard InChI is InChI=1S/C19H20ClF3N4O3/c1-2-3-16(28)27-15-9-13(4-5-24-15)17(29)25-6-7-30-18-14(20)8-12(11-26-18)10-19(21,22)23/h4-5,8-9,11H,2-3,6-7,10H2,1H3,(H,25,29)(H,24,27,28). The second-order valence-corrected chi connectivity index (χ2v) is 6.66. The van der Waals surface area contributed by atoms with Gasteiger partial charge in [-0.25, -0.2) is 9.97 Å². The van der Waals surface area contributed by atoms with Gasteiger partial charge in [0, 0.05) is 24.4 Å². The lowest BCUT2D eigenvalue weighted by Crippen LogP contribution is -2.28. The van der Waals surface area contributed by atoms with E-state index in [1.165, 1.54) is 18.3 Å².